The van der Waals surface area contributed by atoms with Crippen molar-refractivity contribution in [2.75, 3.05) is 0 Å². The van der Waals surface area contributed by atoms with Crippen LogP contribution in [-0.2, 0) is 0 Å². The van der Waals surface area contributed by atoms with E-state index in [1.54, 1.807) is 6.20 Å². The average Bonchev–Trinajstić information content (AvgIpc) is 3.78. The van der Waals surface area contributed by atoms with Gasteiger partial charge in [0.05, 0.1) is 16.7 Å². The third kappa shape index (κ3) is 4.36. The van der Waals surface area contributed by atoms with Crippen molar-refractivity contribution in [3.63, 3.8) is 0 Å². The standard InChI is InChI=1S/C47H28N4S/c1-2-12-29(13-3-1)30-23-25-31(26-24-30)43-38-20-11-27-48-47(38)50-46(49-43)32-14-10-15-33(28-32)51-39-21-8-6-18-36(39)41-34-16-4-5-17-35(34)45-42(44(41)51)37-19-7-9-22-40(37)52-45/h1-28H. The molecule has 11 aromatic rings. The largest absolute Gasteiger partial charge is 0.309 e. The van der Waals surface area contributed by atoms with E-state index in [1.165, 1.54) is 63.9 Å². The van der Waals surface area contributed by atoms with E-state index in [1.807, 2.05) is 23.5 Å². The van der Waals surface area contributed by atoms with Gasteiger partial charge in [0.1, 0.15) is 0 Å². The molecule has 0 radical (unpaired) electrons. The van der Waals surface area contributed by atoms with E-state index in [2.05, 4.69) is 156 Å². The van der Waals surface area contributed by atoms with Crippen LogP contribution in [0.25, 0.3) is 103 Å². The summed E-state index contributed by atoms with van der Waals surface area (Å²) in [7, 11) is 0. The number of rotatable bonds is 4. The van der Waals surface area contributed by atoms with Gasteiger partial charge in [0.2, 0.25) is 0 Å². The van der Waals surface area contributed by atoms with Crippen LogP contribution < -0.4 is 0 Å². The fourth-order valence-corrected chi connectivity index (χ4v) is 9.18. The molecule has 5 heteroatoms. The number of nitrogens with zero attached hydrogens (tertiary/aromatic N) is 4. The number of benzene rings is 7. The van der Waals surface area contributed by atoms with Crippen molar-refractivity contribution >= 4 is 75.1 Å². The van der Waals surface area contributed by atoms with Gasteiger partial charge in [0.25, 0.3) is 0 Å². The Balaban J connectivity index is 1.15. The molecule has 0 unspecified atom stereocenters. The second kappa shape index (κ2) is 11.4. The summed E-state index contributed by atoms with van der Waals surface area (Å²) in [5, 5.41) is 8.59. The molecule has 0 N–H and O–H groups in total. The zero-order chi connectivity index (χ0) is 34.2. The highest BCUT2D eigenvalue weighted by Gasteiger charge is 2.22. The van der Waals surface area contributed by atoms with Crippen molar-refractivity contribution in [3.8, 4) is 39.5 Å². The van der Waals surface area contributed by atoms with Gasteiger partial charge in [-0.25, -0.2) is 15.0 Å². The molecular weight excluding hydrogens is 653 g/mol. The quantitative estimate of drug-likeness (QED) is 0.186. The van der Waals surface area contributed by atoms with Crippen molar-refractivity contribution in [1.29, 1.82) is 0 Å². The summed E-state index contributed by atoms with van der Waals surface area (Å²) in [4.78, 5) is 15.0. The Hall–Kier alpha value is -6.69. The monoisotopic (exact) mass is 680 g/mol. The number of aromatic nitrogens is 4. The molecule has 52 heavy (non-hydrogen) atoms. The smallest absolute Gasteiger partial charge is 0.163 e. The van der Waals surface area contributed by atoms with Gasteiger partial charge in [-0.3, -0.25) is 0 Å². The first kappa shape index (κ1) is 29.1. The summed E-state index contributed by atoms with van der Waals surface area (Å²) in [5.41, 5.74) is 9.32. The first-order valence-electron chi connectivity index (χ1n) is 17.4. The first-order valence-corrected chi connectivity index (χ1v) is 18.3. The maximum atomic E-state index is 5.26. The zero-order valence-electron chi connectivity index (χ0n) is 27.9. The molecule has 242 valence electrons. The maximum absolute atomic E-state index is 5.26. The van der Waals surface area contributed by atoms with Crippen molar-refractivity contribution < 1.29 is 0 Å². The third-order valence-electron chi connectivity index (χ3n) is 10.2. The fraction of sp³-hybridized carbons (Fsp3) is 0. The van der Waals surface area contributed by atoms with Crippen LogP contribution in [0.3, 0.4) is 0 Å². The predicted octanol–water partition coefficient (Wildman–Crippen LogP) is 12.6. The summed E-state index contributed by atoms with van der Waals surface area (Å²) in [6, 6.07) is 58.2. The summed E-state index contributed by atoms with van der Waals surface area (Å²) >= 11 is 1.88. The van der Waals surface area contributed by atoms with Crippen LogP contribution in [0.1, 0.15) is 0 Å². The molecule has 0 aliphatic carbocycles. The molecule has 0 aliphatic heterocycles. The lowest BCUT2D eigenvalue weighted by molar-refractivity contribution is 1.16. The van der Waals surface area contributed by atoms with Crippen molar-refractivity contribution in [2.45, 2.75) is 0 Å². The second-order valence-electron chi connectivity index (χ2n) is 13.2. The van der Waals surface area contributed by atoms with E-state index in [-0.39, 0.29) is 0 Å². The van der Waals surface area contributed by atoms with Crippen molar-refractivity contribution in [3.05, 3.63) is 170 Å². The van der Waals surface area contributed by atoms with Crippen LogP contribution in [0, 0.1) is 0 Å². The lowest BCUT2D eigenvalue weighted by Gasteiger charge is -2.13. The van der Waals surface area contributed by atoms with Gasteiger partial charge in [-0.15, -0.1) is 11.3 Å². The Bertz CT molecular complexity index is 3180. The van der Waals surface area contributed by atoms with E-state index in [9.17, 15) is 0 Å². The Kier molecular flexibility index (Phi) is 6.39. The molecule has 4 heterocycles. The minimum Gasteiger partial charge on any atom is -0.309 e. The highest BCUT2D eigenvalue weighted by atomic mass is 32.1. The van der Waals surface area contributed by atoms with E-state index >= 15 is 0 Å². The second-order valence-corrected chi connectivity index (χ2v) is 14.2. The minimum atomic E-state index is 0.646. The maximum Gasteiger partial charge on any atom is 0.163 e. The Labute approximate surface area is 302 Å². The Morgan fingerprint density at radius 2 is 1.13 bits per heavy atom. The van der Waals surface area contributed by atoms with E-state index in [0.717, 1.165) is 27.9 Å². The van der Waals surface area contributed by atoms with E-state index in [0.29, 0.717) is 11.5 Å². The molecule has 0 saturated carbocycles. The van der Waals surface area contributed by atoms with Crippen LogP contribution in [0.2, 0.25) is 0 Å². The van der Waals surface area contributed by atoms with Crippen molar-refractivity contribution in [1.82, 2.24) is 19.5 Å². The summed E-state index contributed by atoms with van der Waals surface area (Å²) in [6.07, 6.45) is 1.80. The SMILES string of the molecule is c1ccc(-c2ccc(-c3nc(-c4cccc(-n5c6ccccc6c6c7ccccc7c7sc8ccccc8c7c65)c4)nc4ncccc34)cc2)cc1. The molecule has 0 saturated heterocycles. The highest BCUT2D eigenvalue weighted by Crippen LogP contribution is 2.48. The molecule has 0 spiro atoms. The van der Waals surface area contributed by atoms with Gasteiger partial charge >= 0.3 is 0 Å². The molecule has 0 fully saturated rings. The van der Waals surface area contributed by atoms with Crippen LogP contribution in [0.5, 0.6) is 0 Å². The summed E-state index contributed by atoms with van der Waals surface area (Å²) in [6.45, 7) is 0. The first-order chi connectivity index (χ1) is 25.8. The zero-order valence-corrected chi connectivity index (χ0v) is 28.7. The van der Waals surface area contributed by atoms with Crippen LogP contribution >= 0.6 is 11.3 Å². The fourth-order valence-electron chi connectivity index (χ4n) is 7.93. The lowest BCUT2D eigenvalue weighted by atomic mass is 10.00. The predicted molar refractivity (Wildman–Crippen MR) is 218 cm³/mol. The van der Waals surface area contributed by atoms with Gasteiger partial charge in [0.15, 0.2) is 11.5 Å². The van der Waals surface area contributed by atoms with Crippen LogP contribution in [0.15, 0.2) is 170 Å². The molecule has 4 nitrogen and oxygen atoms in total. The number of fused-ring (bicyclic) bond motifs is 11. The molecule has 0 atom stereocenters. The number of thiophene rings is 1. The van der Waals surface area contributed by atoms with Crippen LogP contribution in [0.4, 0.5) is 0 Å². The Morgan fingerprint density at radius 1 is 0.462 bits per heavy atom. The van der Waals surface area contributed by atoms with E-state index in [4.69, 9.17) is 15.0 Å². The molecule has 0 aliphatic rings. The third-order valence-corrected chi connectivity index (χ3v) is 11.5. The summed E-state index contributed by atoms with van der Waals surface area (Å²) < 4.78 is 5.06. The lowest BCUT2D eigenvalue weighted by Crippen LogP contribution is -1.99. The number of hydrogen-bond donors (Lipinski definition) is 0. The topological polar surface area (TPSA) is 43.6 Å². The average molecular weight is 681 g/mol. The molecular formula is C47H28N4S. The Morgan fingerprint density at radius 3 is 2.00 bits per heavy atom. The minimum absolute atomic E-state index is 0.646. The van der Waals surface area contributed by atoms with Gasteiger partial charge in [-0.2, -0.15) is 0 Å². The van der Waals surface area contributed by atoms with Gasteiger partial charge in [-0.05, 0) is 52.9 Å². The summed E-state index contributed by atoms with van der Waals surface area (Å²) in [5.74, 6) is 0.646. The van der Waals surface area contributed by atoms with E-state index < -0.39 is 0 Å². The van der Waals surface area contributed by atoms with Crippen LogP contribution in [-0.4, -0.2) is 19.5 Å². The number of hydrogen-bond acceptors (Lipinski definition) is 4. The molecule has 7 aromatic carbocycles. The van der Waals surface area contributed by atoms with Gasteiger partial charge < -0.3 is 4.57 Å². The molecule has 0 amide bonds. The van der Waals surface area contributed by atoms with Crippen molar-refractivity contribution in [2.24, 2.45) is 0 Å². The normalized spacial score (nSPS) is 11.8. The molecule has 11 rings (SSSR count). The number of pyridine rings is 1. The van der Waals surface area contributed by atoms with Gasteiger partial charge in [0, 0.05) is 64.7 Å². The highest BCUT2D eigenvalue weighted by molar-refractivity contribution is 7.27. The van der Waals surface area contributed by atoms with Gasteiger partial charge in [-0.1, -0.05) is 127 Å². The molecule has 0 bridgehead atoms. The molecule has 4 aromatic heterocycles. The number of para-hydroxylation sites is 1.